The van der Waals surface area contributed by atoms with E-state index in [4.69, 9.17) is 0 Å². The number of hydrogen-bond acceptors (Lipinski definition) is 0. The zero-order valence-electron chi connectivity index (χ0n) is 12.8. The summed E-state index contributed by atoms with van der Waals surface area (Å²) in [7, 11) is 0. The molecule has 0 aromatic heterocycles. The summed E-state index contributed by atoms with van der Waals surface area (Å²) in [6, 6.07) is 7.84. The Morgan fingerprint density at radius 2 is 1.50 bits per heavy atom. The molecule has 2 aromatic carbocycles. The lowest BCUT2D eigenvalue weighted by Gasteiger charge is -2.08. The van der Waals surface area contributed by atoms with Crippen molar-refractivity contribution >= 4 is 0 Å². The topological polar surface area (TPSA) is 0 Å². The Hall–Kier alpha value is -1.77. The van der Waals surface area contributed by atoms with Crippen LogP contribution >= 0.6 is 0 Å². The Kier molecular flexibility index (Phi) is 6.05. The number of benzene rings is 2. The van der Waals surface area contributed by atoms with Gasteiger partial charge in [-0.15, -0.1) is 0 Å². The van der Waals surface area contributed by atoms with Gasteiger partial charge in [-0.05, 0) is 42.7 Å². The van der Waals surface area contributed by atoms with Crippen molar-refractivity contribution in [1.29, 1.82) is 0 Å². The number of rotatable bonds is 7. The second-order valence-electron chi connectivity index (χ2n) is 5.60. The summed E-state index contributed by atoms with van der Waals surface area (Å²) in [6.07, 6.45) is 6.59. The molecule has 0 aliphatic carbocycles. The second kappa shape index (κ2) is 8.02. The van der Waals surface area contributed by atoms with Crippen molar-refractivity contribution in [3.05, 3.63) is 59.4 Å². The highest BCUT2D eigenvalue weighted by molar-refractivity contribution is 5.65. The van der Waals surface area contributed by atoms with E-state index in [1.54, 1.807) is 6.07 Å². The number of halogens is 3. The normalized spacial score (nSPS) is 10.9. The third kappa shape index (κ3) is 4.36. The van der Waals surface area contributed by atoms with Crippen LogP contribution in [0.2, 0.25) is 0 Å². The van der Waals surface area contributed by atoms with Crippen LogP contribution in [0.4, 0.5) is 13.2 Å². The minimum Gasteiger partial charge on any atom is -0.207 e. The van der Waals surface area contributed by atoms with Crippen molar-refractivity contribution in [3.8, 4) is 11.1 Å². The molecular weight excluding hydrogens is 285 g/mol. The standard InChI is InChI=1S/C19H21F3/c1-2-3-4-5-6-7-14-8-10-16(19(22)12-14)17-13-15(20)9-11-18(17)21/h8-13H,2-7H2,1H3. The largest absolute Gasteiger partial charge is 0.207 e. The molecule has 0 heterocycles. The van der Waals surface area contributed by atoms with Gasteiger partial charge in [0.15, 0.2) is 0 Å². The molecule has 2 aromatic rings. The maximum absolute atomic E-state index is 14.2. The van der Waals surface area contributed by atoms with Crippen molar-refractivity contribution in [1.82, 2.24) is 0 Å². The summed E-state index contributed by atoms with van der Waals surface area (Å²) in [6.45, 7) is 2.17. The summed E-state index contributed by atoms with van der Waals surface area (Å²) in [5.41, 5.74) is 0.966. The van der Waals surface area contributed by atoms with E-state index in [1.165, 1.54) is 31.4 Å². The maximum atomic E-state index is 14.2. The molecule has 0 radical (unpaired) electrons. The summed E-state index contributed by atoms with van der Waals surface area (Å²) >= 11 is 0. The van der Waals surface area contributed by atoms with Gasteiger partial charge in [-0.25, -0.2) is 13.2 Å². The fourth-order valence-corrected chi connectivity index (χ4v) is 2.57. The minimum absolute atomic E-state index is 0.0352. The maximum Gasteiger partial charge on any atom is 0.131 e. The van der Waals surface area contributed by atoms with Gasteiger partial charge in [-0.3, -0.25) is 0 Å². The fraction of sp³-hybridized carbons (Fsp3) is 0.368. The van der Waals surface area contributed by atoms with Crippen LogP contribution in [0, 0.1) is 17.5 Å². The van der Waals surface area contributed by atoms with Crippen molar-refractivity contribution in [2.24, 2.45) is 0 Å². The first-order valence-electron chi connectivity index (χ1n) is 7.85. The lowest BCUT2D eigenvalue weighted by molar-refractivity contribution is 0.596. The van der Waals surface area contributed by atoms with Gasteiger partial charge in [0.05, 0.1) is 0 Å². The lowest BCUT2D eigenvalue weighted by atomic mass is 9.99. The van der Waals surface area contributed by atoms with Crippen LogP contribution in [0.5, 0.6) is 0 Å². The summed E-state index contributed by atoms with van der Waals surface area (Å²) < 4.78 is 41.1. The molecule has 0 spiro atoms. The molecule has 2 rings (SSSR count). The van der Waals surface area contributed by atoms with Crippen molar-refractivity contribution in [2.75, 3.05) is 0 Å². The average molecular weight is 306 g/mol. The molecule has 0 saturated carbocycles. The monoisotopic (exact) mass is 306 g/mol. The Balaban J connectivity index is 2.08. The second-order valence-corrected chi connectivity index (χ2v) is 5.60. The Labute approximate surface area is 130 Å². The summed E-state index contributed by atoms with van der Waals surface area (Å²) in [5.74, 6) is -1.70. The van der Waals surface area contributed by atoms with Crippen LogP contribution in [-0.2, 0) is 6.42 Å². The van der Waals surface area contributed by atoms with E-state index < -0.39 is 17.5 Å². The summed E-state index contributed by atoms with van der Waals surface area (Å²) in [4.78, 5) is 0. The summed E-state index contributed by atoms with van der Waals surface area (Å²) in [5, 5.41) is 0. The van der Waals surface area contributed by atoms with E-state index >= 15 is 0 Å². The Morgan fingerprint density at radius 1 is 0.727 bits per heavy atom. The van der Waals surface area contributed by atoms with Crippen LogP contribution in [0.15, 0.2) is 36.4 Å². The smallest absolute Gasteiger partial charge is 0.131 e. The van der Waals surface area contributed by atoms with Gasteiger partial charge in [0, 0.05) is 11.1 Å². The molecule has 0 atom stereocenters. The van der Waals surface area contributed by atoms with Gasteiger partial charge in [0.2, 0.25) is 0 Å². The van der Waals surface area contributed by atoms with Gasteiger partial charge in [0.25, 0.3) is 0 Å². The lowest BCUT2D eigenvalue weighted by Crippen LogP contribution is -1.93. The molecule has 0 unspecified atom stereocenters. The third-order valence-electron chi connectivity index (χ3n) is 3.82. The highest BCUT2D eigenvalue weighted by atomic mass is 19.1. The molecule has 3 heteroatoms. The average Bonchev–Trinajstić information content (AvgIpc) is 2.50. The number of aryl methyl sites for hydroxylation is 1. The van der Waals surface area contributed by atoms with E-state index in [-0.39, 0.29) is 11.1 Å². The van der Waals surface area contributed by atoms with E-state index in [9.17, 15) is 13.2 Å². The molecule has 0 amide bonds. The van der Waals surface area contributed by atoms with E-state index in [1.807, 2.05) is 0 Å². The Morgan fingerprint density at radius 3 is 2.23 bits per heavy atom. The van der Waals surface area contributed by atoms with Gasteiger partial charge in [-0.1, -0.05) is 44.7 Å². The van der Waals surface area contributed by atoms with Crippen LogP contribution in [0.3, 0.4) is 0 Å². The van der Waals surface area contributed by atoms with Crippen LogP contribution < -0.4 is 0 Å². The molecule has 22 heavy (non-hydrogen) atoms. The SMILES string of the molecule is CCCCCCCc1ccc(-c2cc(F)ccc2F)c(F)c1. The molecule has 0 fully saturated rings. The van der Waals surface area contributed by atoms with Gasteiger partial charge < -0.3 is 0 Å². The van der Waals surface area contributed by atoms with Crippen LogP contribution in [-0.4, -0.2) is 0 Å². The molecule has 0 saturated heterocycles. The minimum atomic E-state index is -0.618. The molecule has 0 nitrogen and oxygen atoms in total. The van der Waals surface area contributed by atoms with Crippen LogP contribution in [0.1, 0.15) is 44.6 Å². The predicted molar refractivity (Wildman–Crippen MR) is 84.2 cm³/mol. The molecule has 0 bridgehead atoms. The fourth-order valence-electron chi connectivity index (χ4n) is 2.57. The first-order valence-corrected chi connectivity index (χ1v) is 7.85. The van der Waals surface area contributed by atoms with Crippen molar-refractivity contribution < 1.29 is 13.2 Å². The molecule has 0 aliphatic rings. The quantitative estimate of drug-likeness (QED) is 0.528. The number of unbranched alkanes of at least 4 members (excludes halogenated alkanes) is 4. The Bertz CT molecular complexity index is 620. The number of hydrogen-bond donors (Lipinski definition) is 0. The van der Waals surface area contributed by atoms with Crippen molar-refractivity contribution in [3.63, 3.8) is 0 Å². The zero-order valence-corrected chi connectivity index (χ0v) is 12.8. The van der Waals surface area contributed by atoms with E-state index in [2.05, 4.69) is 6.92 Å². The first kappa shape index (κ1) is 16.6. The first-order chi connectivity index (χ1) is 10.6. The molecular formula is C19H21F3. The van der Waals surface area contributed by atoms with E-state index in [0.717, 1.165) is 43.0 Å². The molecule has 0 aliphatic heterocycles. The van der Waals surface area contributed by atoms with Crippen molar-refractivity contribution in [2.45, 2.75) is 45.4 Å². The van der Waals surface area contributed by atoms with Crippen LogP contribution in [0.25, 0.3) is 11.1 Å². The predicted octanol–water partition coefficient (Wildman–Crippen LogP) is 6.28. The molecule has 118 valence electrons. The highest BCUT2D eigenvalue weighted by Gasteiger charge is 2.11. The van der Waals surface area contributed by atoms with Gasteiger partial charge >= 0.3 is 0 Å². The highest BCUT2D eigenvalue weighted by Crippen LogP contribution is 2.27. The van der Waals surface area contributed by atoms with E-state index in [0.29, 0.717) is 0 Å². The third-order valence-corrected chi connectivity index (χ3v) is 3.82. The van der Waals surface area contributed by atoms with Gasteiger partial charge in [-0.2, -0.15) is 0 Å². The zero-order chi connectivity index (χ0) is 15.9. The van der Waals surface area contributed by atoms with Gasteiger partial charge in [0.1, 0.15) is 17.5 Å². The molecule has 0 N–H and O–H groups in total.